The van der Waals surface area contributed by atoms with Crippen molar-refractivity contribution < 1.29 is 4.92 Å². The van der Waals surface area contributed by atoms with Crippen LogP contribution in [0, 0.1) is 10.1 Å². The number of rotatable bonds is 3. The molecule has 9 heteroatoms. The number of halogens is 1. The van der Waals surface area contributed by atoms with Crippen molar-refractivity contribution in [2.24, 2.45) is 0 Å². The van der Waals surface area contributed by atoms with Gasteiger partial charge in [-0.15, -0.1) is 0 Å². The van der Waals surface area contributed by atoms with Crippen LogP contribution >= 0.6 is 15.9 Å². The van der Waals surface area contributed by atoms with Gasteiger partial charge in [0.05, 0.1) is 14.9 Å². The molecule has 1 aromatic heterocycles. The molecule has 2 N–H and O–H groups in total. The molecule has 0 saturated carbocycles. The summed E-state index contributed by atoms with van der Waals surface area (Å²) < 4.78 is 0.253. The van der Waals surface area contributed by atoms with E-state index in [4.69, 9.17) is 0 Å². The van der Waals surface area contributed by atoms with Crippen molar-refractivity contribution in [2.45, 2.75) is 19.4 Å². The summed E-state index contributed by atoms with van der Waals surface area (Å²) in [5.41, 5.74) is 1.30. The number of hydrogen-bond acceptors (Lipinski definition) is 5. The Morgan fingerprint density at radius 2 is 1.85 bits per heavy atom. The summed E-state index contributed by atoms with van der Waals surface area (Å²) in [7, 11) is 0. The van der Waals surface area contributed by atoms with Gasteiger partial charge in [-0.2, -0.15) is 0 Å². The average molecular weight is 431 g/mol. The van der Waals surface area contributed by atoms with Gasteiger partial charge in [-0.3, -0.25) is 19.7 Å². The minimum atomic E-state index is -0.919. The van der Waals surface area contributed by atoms with E-state index in [-0.39, 0.29) is 21.2 Å². The number of aryl methyl sites for hydroxylation is 1. The molecule has 0 amide bonds. The third-order valence-electron chi connectivity index (χ3n) is 4.77. The molecule has 1 aliphatic heterocycles. The predicted octanol–water partition coefficient (Wildman–Crippen LogP) is 2.84. The van der Waals surface area contributed by atoms with E-state index >= 15 is 0 Å². The van der Waals surface area contributed by atoms with Crippen LogP contribution in [0.3, 0.4) is 0 Å². The fourth-order valence-electron chi connectivity index (χ4n) is 3.58. The maximum absolute atomic E-state index is 11.8. The Labute approximate surface area is 161 Å². The molecular weight excluding hydrogens is 416 g/mol. The van der Waals surface area contributed by atoms with Crippen LogP contribution in [-0.4, -0.2) is 21.4 Å². The Kier molecular flexibility index (Phi) is 4.31. The maximum Gasteiger partial charge on any atom is 0.314 e. The maximum atomic E-state index is 11.8. The lowest BCUT2D eigenvalue weighted by atomic mass is 10.0. The second-order valence-corrected chi connectivity index (χ2v) is 7.29. The van der Waals surface area contributed by atoms with Gasteiger partial charge in [-0.1, -0.05) is 18.2 Å². The van der Waals surface area contributed by atoms with Crippen molar-refractivity contribution in [1.29, 1.82) is 0 Å². The second kappa shape index (κ2) is 6.66. The zero-order valence-electron chi connectivity index (χ0n) is 14.1. The van der Waals surface area contributed by atoms with Gasteiger partial charge in [0.25, 0.3) is 0 Å². The van der Waals surface area contributed by atoms with Gasteiger partial charge in [0.1, 0.15) is 5.52 Å². The minimum absolute atomic E-state index is 0.0132. The molecule has 0 atom stereocenters. The number of nitro benzene ring substituents is 1. The number of benzene rings is 2. The highest BCUT2D eigenvalue weighted by molar-refractivity contribution is 9.10. The standard InChI is InChI=1S/C18H15BrN4O4/c19-12-8-11(9-22-7-3-5-10-4-1-2-6-13(10)22)14-15(16(12)23(26)27)21-18(25)17(24)20-14/h1-2,4,6,8H,3,5,7,9H2,(H,20,24)(H,21,25). The van der Waals surface area contributed by atoms with Crippen LogP contribution in [0.5, 0.6) is 0 Å². The van der Waals surface area contributed by atoms with Crippen molar-refractivity contribution in [3.8, 4) is 0 Å². The number of nitrogens with zero attached hydrogens (tertiary/aromatic N) is 2. The number of hydrogen-bond donors (Lipinski definition) is 2. The second-order valence-electron chi connectivity index (χ2n) is 6.44. The highest BCUT2D eigenvalue weighted by atomic mass is 79.9. The van der Waals surface area contributed by atoms with E-state index in [0.717, 1.165) is 25.1 Å². The first-order valence-electron chi connectivity index (χ1n) is 8.40. The molecule has 1 aliphatic rings. The molecule has 8 nitrogen and oxygen atoms in total. The number of aromatic nitrogens is 2. The summed E-state index contributed by atoms with van der Waals surface area (Å²) in [5, 5.41) is 11.4. The smallest absolute Gasteiger partial charge is 0.314 e. The summed E-state index contributed by atoms with van der Waals surface area (Å²) in [6, 6.07) is 9.74. The molecule has 27 heavy (non-hydrogen) atoms. The normalized spacial score (nSPS) is 13.6. The number of fused-ring (bicyclic) bond motifs is 2. The quantitative estimate of drug-likeness (QED) is 0.376. The molecule has 2 aromatic carbocycles. The van der Waals surface area contributed by atoms with Crippen molar-refractivity contribution >= 4 is 38.3 Å². The molecule has 0 fully saturated rings. The fraction of sp³-hybridized carbons (Fsp3) is 0.222. The predicted molar refractivity (Wildman–Crippen MR) is 105 cm³/mol. The third kappa shape index (κ3) is 3.03. The Morgan fingerprint density at radius 1 is 1.15 bits per heavy atom. The van der Waals surface area contributed by atoms with E-state index in [1.807, 2.05) is 18.2 Å². The first-order valence-corrected chi connectivity index (χ1v) is 9.20. The first kappa shape index (κ1) is 17.5. The van der Waals surface area contributed by atoms with E-state index in [1.165, 1.54) is 5.56 Å². The first-order chi connectivity index (χ1) is 13.0. The van der Waals surface area contributed by atoms with Gasteiger partial charge in [-0.25, -0.2) is 0 Å². The summed E-state index contributed by atoms with van der Waals surface area (Å²) in [4.78, 5) is 41.5. The van der Waals surface area contributed by atoms with Crippen molar-refractivity contribution in [3.63, 3.8) is 0 Å². The van der Waals surface area contributed by atoms with E-state index in [0.29, 0.717) is 12.1 Å². The van der Waals surface area contributed by atoms with Gasteiger partial charge >= 0.3 is 16.8 Å². The average Bonchev–Trinajstić information content (AvgIpc) is 2.63. The number of H-pyrrole nitrogens is 2. The van der Waals surface area contributed by atoms with Crippen LogP contribution < -0.4 is 16.0 Å². The van der Waals surface area contributed by atoms with Gasteiger partial charge in [0.2, 0.25) is 0 Å². The summed E-state index contributed by atoms with van der Waals surface area (Å²) in [5.74, 6) is 0. The molecule has 0 radical (unpaired) electrons. The van der Waals surface area contributed by atoms with Crippen molar-refractivity contribution in [2.75, 3.05) is 11.4 Å². The van der Waals surface area contributed by atoms with Crippen LogP contribution in [-0.2, 0) is 13.0 Å². The summed E-state index contributed by atoms with van der Waals surface area (Å²) >= 11 is 3.23. The highest BCUT2D eigenvalue weighted by Gasteiger charge is 2.24. The fourth-order valence-corrected chi connectivity index (χ4v) is 4.20. The third-order valence-corrected chi connectivity index (χ3v) is 5.37. The number of nitrogens with one attached hydrogen (secondary N) is 2. The number of anilines is 1. The van der Waals surface area contributed by atoms with Crippen LogP contribution in [0.4, 0.5) is 11.4 Å². The van der Waals surface area contributed by atoms with Gasteiger partial charge < -0.3 is 14.9 Å². The van der Waals surface area contributed by atoms with Crippen LogP contribution in [0.15, 0.2) is 44.4 Å². The summed E-state index contributed by atoms with van der Waals surface area (Å²) in [6.45, 7) is 1.28. The molecule has 4 rings (SSSR count). The monoisotopic (exact) mass is 430 g/mol. The Balaban J connectivity index is 1.90. The molecule has 3 aromatic rings. The minimum Gasteiger partial charge on any atom is -0.367 e. The molecular formula is C18H15BrN4O4. The Hall–Kier alpha value is -2.94. The zero-order chi connectivity index (χ0) is 19.1. The van der Waals surface area contributed by atoms with E-state index < -0.39 is 16.0 Å². The van der Waals surface area contributed by atoms with Crippen molar-refractivity contribution in [3.05, 3.63) is 76.8 Å². The molecule has 138 valence electrons. The molecule has 0 saturated heterocycles. The lowest BCUT2D eigenvalue weighted by molar-refractivity contribution is -0.384. The van der Waals surface area contributed by atoms with Crippen LogP contribution in [0.1, 0.15) is 17.5 Å². The Morgan fingerprint density at radius 3 is 2.59 bits per heavy atom. The van der Waals surface area contributed by atoms with Crippen molar-refractivity contribution in [1.82, 2.24) is 9.97 Å². The number of para-hydroxylation sites is 1. The topological polar surface area (TPSA) is 112 Å². The lowest BCUT2D eigenvalue weighted by Crippen LogP contribution is -2.31. The Bertz CT molecular complexity index is 1180. The van der Waals surface area contributed by atoms with Gasteiger partial charge in [-0.05, 0) is 52.0 Å². The van der Waals surface area contributed by atoms with Gasteiger partial charge in [0.15, 0.2) is 0 Å². The van der Waals surface area contributed by atoms with Crippen LogP contribution in [0.2, 0.25) is 0 Å². The SMILES string of the molecule is O=c1[nH]c2c(CN3CCCc4ccccc43)cc(Br)c([N+](=O)[O-])c2[nH]c1=O. The van der Waals surface area contributed by atoms with E-state index in [9.17, 15) is 19.7 Å². The summed E-state index contributed by atoms with van der Waals surface area (Å²) in [6.07, 6.45) is 2.00. The molecule has 0 bridgehead atoms. The molecule has 2 heterocycles. The van der Waals surface area contributed by atoms with Gasteiger partial charge in [0, 0.05) is 18.8 Å². The van der Waals surface area contributed by atoms with E-state index in [2.05, 4.69) is 36.9 Å². The molecule has 0 aliphatic carbocycles. The number of aromatic amines is 2. The van der Waals surface area contributed by atoms with E-state index in [1.54, 1.807) is 6.07 Å². The molecule has 0 unspecified atom stereocenters. The largest absolute Gasteiger partial charge is 0.367 e. The lowest BCUT2D eigenvalue weighted by Gasteiger charge is -2.31. The number of nitro groups is 1. The van der Waals surface area contributed by atoms with Crippen LogP contribution in [0.25, 0.3) is 11.0 Å². The highest BCUT2D eigenvalue weighted by Crippen LogP contribution is 2.35. The molecule has 0 spiro atoms. The zero-order valence-corrected chi connectivity index (χ0v) is 15.7.